The molecule has 0 rings (SSSR count). The van der Waals surface area contributed by atoms with Crippen molar-refractivity contribution in [2.45, 2.75) is 193 Å². The van der Waals surface area contributed by atoms with Crippen molar-refractivity contribution in [1.29, 1.82) is 0 Å². The van der Waals surface area contributed by atoms with E-state index in [9.17, 15) is 15.0 Å². The van der Waals surface area contributed by atoms with Crippen LogP contribution >= 0.6 is 0 Å². The number of carbonyl (C=O) groups excluding carboxylic acids is 1. The van der Waals surface area contributed by atoms with Gasteiger partial charge in [-0.25, -0.2) is 0 Å². The fraction of sp³-hybridized carbons (Fsp3) is 0.574. The second-order valence-electron chi connectivity index (χ2n) is 15.1. The minimum atomic E-state index is -0.858. The van der Waals surface area contributed by atoms with Crippen LogP contribution in [0.15, 0.2) is 134 Å². The van der Waals surface area contributed by atoms with Crippen LogP contribution in [0.2, 0.25) is 0 Å². The minimum Gasteiger partial charge on any atom is -0.394 e. The van der Waals surface area contributed by atoms with Crippen LogP contribution in [0.4, 0.5) is 0 Å². The van der Waals surface area contributed by atoms with Gasteiger partial charge in [-0.15, -0.1) is 0 Å². The molecular formula is C54H87NO3. The number of aliphatic hydroxyl groups is 2. The van der Waals surface area contributed by atoms with Crippen molar-refractivity contribution in [2.75, 3.05) is 6.61 Å². The molecule has 0 radical (unpaired) electrons. The van der Waals surface area contributed by atoms with Crippen molar-refractivity contribution >= 4 is 5.91 Å². The molecule has 0 aliphatic rings. The molecule has 0 aliphatic heterocycles. The summed E-state index contributed by atoms with van der Waals surface area (Å²) in [6, 6.07) is -0.644. The van der Waals surface area contributed by atoms with Crippen LogP contribution in [0.1, 0.15) is 181 Å². The Labute approximate surface area is 358 Å². The molecule has 4 nitrogen and oxygen atoms in total. The molecule has 0 heterocycles. The monoisotopic (exact) mass is 798 g/mol. The smallest absolute Gasteiger partial charge is 0.220 e. The molecule has 326 valence electrons. The highest BCUT2D eigenvalue weighted by molar-refractivity contribution is 5.76. The quantitative estimate of drug-likeness (QED) is 0.0427. The molecule has 0 fully saturated rings. The minimum absolute atomic E-state index is 0.0970. The van der Waals surface area contributed by atoms with Crippen molar-refractivity contribution in [3.63, 3.8) is 0 Å². The largest absolute Gasteiger partial charge is 0.394 e. The lowest BCUT2D eigenvalue weighted by Crippen LogP contribution is -2.45. The summed E-state index contributed by atoms with van der Waals surface area (Å²) < 4.78 is 0. The molecule has 2 unspecified atom stereocenters. The molecular weight excluding hydrogens is 711 g/mol. The highest BCUT2D eigenvalue weighted by atomic mass is 16.3. The van der Waals surface area contributed by atoms with Crippen molar-refractivity contribution in [3.05, 3.63) is 134 Å². The summed E-state index contributed by atoms with van der Waals surface area (Å²) in [5.41, 5.74) is 0. The summed E-state index contributed by atoms with van der Waals surface area (Å²) in [6.07, 6.45) is 75.6. The van der Waals surface area contributed by atoms with Crippen molar-refractivity contribution in [2.24, 2.45) is 0 Å². The summed E-state index contributed by atoms with van der Waals surface area (Å²) in [6.45, 7) is 4.15. The Bertz CT molecular complexity index is 1220. The van der Waals surface area contributed by atoms with Gasteiger partial charge in [0.2, 0.25) is 5.91 Å². The Morgan fingerprint density at radius 1 is 0.431 bits per heavy atom. The van der Waals surface area contributed by atoms with E-state index in [1.54, 1.807) is 6.08 Å². The summed E-state index contributed by atoms with van der Waals surface area (Å²) in [7, 11) is 0. The average molecular weight is 798 g/mol. The van der Waals surface area contributed by atoms with E-state index in [0.717, 1.165) is 109 Å². The number of hydrogen-bond acceptors (Lipinski definition) is 3. The number of hydrogen-bond donors (Lipinski definition) is 3. The molecule has 58 heavy (non-hydrogen) atoms. The molecule has 0 bridgehead atoms. The zero-order chi connectivity index (χ0) is 42.1. The fourth-order valence-corrected chi connectivity index (χ4v) is 6.09. The molecule has 0 aromatic carbocycles. The van der Waals surface area contributed by atoms with Gasteiger partial charge in [-0.3, -0.25) is 4.79 Å². The predicted octanol–water partition coefficient (Wildman–Crippen LogP) is 15.1. The van der Waals surface area contributed by atoms with E-state index in [1.165, 1.54) is 51.4 Å². The molecule has 0 aromatic rings. The first kappa shape index (κ1) is 54.5. The van der Waals surface area contributed by atoms with Gasteiger partial charge in [0.1, 0.15) is 0 Å². The first-order valence-electron chi connectivity index (χ1n) is 23.4. The maximum Gasteiger partial charge on any atom is 0.220 e. The van der Waals surface area contributed by atoms with E-state index >= 15 is 0 Å². The first-order chi connectivity index (χ1) is 28.7. The van der Waals surface area contributed by atoms with Gasteiger partial charge in [-0.05, 0) is 96.3 Å². The van der Waals surface area contributed by atoms with E-state index < -0.39 is 12.1 Å². The molecule has 0 aliphatic carbocycles. The Balaban J connectivity index is 3.73. The molecule has 0 spiro atoms. The highest BCUT2D eigenvalue weighted by Crippen LogP contribution is 2.12. The molecule has 0 aromatic heterocycles. The molecule has 0 saturated heterocycles. The van der Waals surface area contributed by atoms with Crippen LogP contribution in [-0.4, -0.2) is 34.9 Å². The number of carbonyl (C=O) groups is 1. The molecule has 2 atom stereocenters. The standard InChI is InChI=1S/C54H87NO3/c1-3-5-7-9-11-13-15-16-17-18-19-20-21-22-23-24-25-26-27-28-29-30-31-32-33-34-35-36-37-38-40-42-44-46-48-50-54(58)55-52(51-56)53(57)49-47-45-43-41-39-14-12-10-8-6-4-2/h5,7,11,13,16-17,19-20,22-23,25-26,28-29,31-32,34-35,37-38,47,49,52-53,56-57H,3-4,6,8-10,12,14-15,18,21,24,27,30,33,36,39-46,48,50-51H2,1-2H3,(H,55,58)/b7-5-,13-11-,17-16-,20-19-,23-22-,26-25-,29-28-,32-31-,35-34-,38-37-,49-47+. The number of unbranched alkanes of at least 4 members (excludes halogenated alkanes) is 13. The maximum atomic E-state index is 12.4. The van der Waals surface area contributed by atoms with E-state index in [-0.39, 0.29) is 12.5 Å². The average Bonchev–Trinajstić information content (AvgIpc) is 3.23. The van der Waals surface area contributed by atoms with Gasteiger partial charge < -0.3 is 15.5 Å². The number of allylic oxidation sites excluding steroid dienone is 21. The predicted molar refractivity (Wildman–Crippen MR) is 257 cm³/mol. The molecule has 1 amide bonds. The summed E-state index contributed by atoms with van der Waals surface area (Å²) in [4.78, 5) is 12.4. The second kappa shape index (κ2) is 47.9. The van der Waals surface area contributed by atoms with Gasteiger partial charge in [0.15, 0.2) is 0 Å². The fourth-order valence-electron chi connectivity index (χ4n) is 6.09. The Morgan fingerprint density at radius 2 is 0.759 bits per heavy atom. The molecule has 3 N–H and O–H groups in total. The number of amides is 1. The normalized spacial score (nSPS) is 14.2. The van der Waals surface area contributed by atoms with Gasteiger partial charge in [0.25, 0.3) is 0 Å². The summed E-state index contributed by atoms with van der Waals surface area (Å²) >= 11 is 0. The van der Waals surface area contributed by atoms with Gasteiger partial charge in [0, 0.05) is 6.42 Å². The summed E-state index contributed by atoms with van der Waals surface area (Å²) in [5.74, 6) is -0.0970. The zero-order valence-electron chi connectivity index (χ0n) is 37.3. The second-order valence-corrected chi connectivity index (χ2v) is 15.1. The topological polar surface area (TPSA) is 69.6 Å². The van der Waals surface area contributed by atoms with Crippen LogP contribution in [0.25, 0.3) is 0 Å². The number of rotatable bonds is 40. The lowest BCUT2D eigenvalue weighted by molar-refractivity contribution is -0.123. The third-order valence-electron chi connectivity index (χ3n) is 9.64. The van der Waals surface area contributed by atoms with Crippen molar-refractivity contribution in [1.82, 2.24) is 5.32 Å². The Hall–Kier alpha value is -3.47. The lowest BCUT2D eigenvalue weighted by atomic mass is 10.1. The van der Waals surface area contributed by atoms with Crippen LogP contribution in [-0.2, 0) is 4.79 Å². The lowest BCUT2D eigenvalue weighted by Gasteiger charge is -2.20. The SMILES string of the molecule is CC/C=C\C/C=C\C/C=C\C/C=C\C/C=C\C/C=C\C/C=C\C/C=C\C/C=C\C/C=C\CCCCCCC(=O)NC(CO)C(O)/C=C/CCCCCCCCCCC. The number of nitrogens with one attached hydrogen (secondary N) is 1. The van der Waals surface area contributed by atoms with Gasteiger partial charge in [-0.1, -0.05) is 212 Å². The maximum absolute atomic E-state index is 12.4. The van der Waals surface area contributed by atoms with E-state index in [4.69, 9.17) is 0 Å². The third kappa shape index (κ3) is 43.6. The first-order valence-corrected chi connectivity index (χ1v) is 23.4. The zero-order valence-corrected chi connectivity index (χ0v) is 37.3. The van der Waals surface area contributed by atoms with Crippen LogP contribution in [0, 0.1) is 0 Å². The van der Waals surface area contributed by atoms with Crippen molar-refractivity contribution in [3.8, 4) is 0 Å². The van der Waals surface area contributed by atoms with Crippen LogP contribution in [0.3, 0.4) is 0 Å². The van der Waals surface area contributed by atoms with Crippen molar-refractivity contribution < 1.29 is 15.0 Å². The Kier molecular flexibility index (Phi) is 45.0. The molecule has 0 saturated carbocycles. The van der Waals surface area contributed by atoms with Crippen LogP contribution in [0.5, 0.6) is 0 Å². The van der Waals surface area contributed by atoms with E-state index in [1.807, 2.05) is 6.08 Å². The van der Waals surface area contributed by atoms with Gasteiger partial charge in [-0.2, -0.15) is 0 Å². The van der Waals surface area contributed by atoms with Gasteiger partial charge >= 0.3 is 0 Å². The highest BCUT2D eigenvalue weighted by Gasteiger charge is 2.17. The van der Waals surface area contributed by atoms with E-state index in [2.05, 4.69) is 141 Å². The third-order valence-corrected chi connectivity index (χ3v) is 9.64. The number of aliphatic hydroxyl groups excluding tert-OH is 2. The van der Waals surface area contributed by atoms with Gasteiger partial charge in [0.05, 0.1) is 18.8 Å². The van der Waals surface area contributed by atoms with Crippen LogP contribution < -0.4 is 5.32 Å². The summed E-state index contributed by atoms with van der Waals surface area (Å²) in [5, 5.41) is 22.9. The van der Waals surface area contributed by atoms with E-state index in [0.29, 0.717) is 6.42 Å². The Morgan fingerprint density at radius 3 is 1.14 bits per heavy atom. The molecule has 4 heteroatoms.